The summed E-state index contributed by atoms with van der Waals surface area (Å²) in [4.78, 5) is 14.4. The minimum atomic E-state index is -3.66. The number of carbonyl (C=O) groups excluding carboxylic acids is 1. The first kappa shape index (κ1) is 23.3. The van der Waals surface area contributed by atoms with E-state index in [1.807, 2.05) is 24.8 Å². The molecule has 0 heterocycles. The van der Waals surface area contributed by atoms with E-state index < -0.39 is 10.1 Å². The van der Waals surface area contributed by atoms with Crippen LogP contribution in [0.3, 0.4) is 0 Å². The fourth-order valence-electron chi connectivity index (χ4n) is 2.68. The van der Waals surface area contributed by atoms with E-state index >= 15 is 0 Å². The Kier molecular flexibility index (Phi) is 9.63. The highest BCUT2D eigenvalue weighted by molar-refractivity contribution is 7.87. The number of benzene rings is 1. The van der Waals surface area contributed by atoms with Gasteiger partial charge in [-0.05, 0) is 44.9 Å². The van der Waals surface area contributed by atoms with Gasteiger partial charge in [0, 0.05) is 19.0 Å². The van der Waals surface area contributed by atoms with E-state index in [9.17, 15) is 13.2 Å². The molecule has 1 aromatic carbocycles. The lowest BCUT2D eigenvalue weighted by Crippen LogP contribution is -2.36. The van der Waals surface area contributed by atoms with Crippen LogP contribution in [-0.2, 0) is 21.5 Å². The van der Waals surface area contributed by atoms with Gasteiger partial charge in [-0.1, -0.05) is 32.3 Å². The van der Waals surface area contributed by atoms with Crippen molar-refractivity contribution < 1.29 is 22.1 Å². The summed E-state index contributed by atoms with van der Waals surface area (Å²) in [6.07, 6.45) is 4.75. The summed E-state index contributed by atoms with van der Waals surface area (Å²) in [7, 11) is -2.20. The first-order chi connectivity index (χ1) is 12.7. The quantitative estimate of drug-likeness (QED) is 0.390. The molecule has 0 saturated carbocycles. The van der Waals surface area contributed by atoms with Crippen molar-refractivity contribution in [2.45, 2.75) is 72.4 Å². The van der Waals surface area contributed by atoms with E-state index in [4.69, 9.17) is 8.92 Å². The molecule has 1 amide bonds. The molecule has 0 aliphatic rings. The molecule has 0 aliphatic heterocycles. The zero-order valence-electron chi connectivity index (χ0n) is 17.2. The van der Waals surface area contributed by atoms with Crippen LogP contribution in [0, 0.1) is 0 Å². The van der Waals surface area contributed by atoms with Gasteiger partial charge >= 0.3 is 10.1 Å². The maximum Gasteiger partial charge on any atom is 0.309 e. The lowest BCUT2D eigenvalue weighted by Gasteiger charge is -2.27. The van der Waals surface area contributed by atoms with Crippen LogP contribution in [0.25, 0.3) is 0 Å². The monoisotopic (exact) mass is 399 g/mol. The van der Waals surface area contributed by atoms with Crippen molar-refractivity contribution in [3.8, 4) is 11.5 Å². The fourth-order valence-corrected chi connectivity index (χ4v) is 3.20. The zero-order valence-corrected chi connectivity index (χ0v) is 18.0. The molecule has 0 radical (unpaired) electrons. The highest BCUT2D eigenvalue weighted by atomic mass is 32.2. The number of ether oxygens (including phenoxy) is 1. The van der Waals surface area contributed by atoms with Crippen molar-refractivity contribution >= 4 is 16.0 Å². The summed E-state index contributed by atoms with van der Waals surface area (Å²) < 4.78 is 34.0. The van der Waals surface area contributed by atoms with Crippen molar-refractivity contribution in [2.24, 2.45) is 0 Å². The molecular weight excluding hydrogens is 366 g/mol. The van der Waals surface area contributed by atoms with Gasteiger partial charge in [0.05, 0.1) is 12.9 Å². The number of methoxy groups -OCH3 is 1. The largest absolute Gasteiger partial charge is 0.493 e. The SMILES string of the molecule is CCCCCCC(=O)N(Cc1ccc(OC)c(OS(=O)(=O)CC)c1)C(C)C. The van der Waals surface area contributed by atoms with Crippen molar-refractivity contribution in [1.29, 1.82) is 0 Å². The summed E-state index contributed by atoms with van der Waals surface area (Å²) in [5.74, 6) is 0.476. The van der Waals surface area contributed by atoms with Gasteiger partial charge in [0.1, 0.15) is 0 Å². The van der Waals surface area contributed by atoms with Gasteiger partial charge < -0.3 is 13.8 Å². The van der Waals surface area contributed by atoms with E-state index in [0.29, 0.717) is 18.7 Å². The number of nitrogens with zero attached hydrogens (tertiary/aromatic N) is 1. The lowest BCUT2D eigenvalue weighted by atomic mass is 10.1. The van der Waals surface area contributed by atoms with Crippen LogP contribution in [0.2, 0.25) is 0 Å². The predicted molar refractivity (Wildman–Crippen MR) is 108 cm³/mol. The molecule has 1 aromatic rings. The topological polar surface area (TPSA) is 72.9 Å². The second-order valence-corrected chi connectivity index (χ2v) is 8.70. The Labute approximate surface area is 164 Å². The van der Waals surface area contributed by atoms with Gasteiger partial charge in [0.25, 0.3) is 0 Å². The van der Waals surface area contributed by atoms with E-state index in [1.54, 1.807) is 12.1 Å². The van der Waals surface area contributed by atoms with Crippen LogP contribution < -0.4 is 8.92 Å². The van der Waals surface area contributed by atoms with Gasteiger partial charge in [-0.3, -0.25) is 4.79 Å². The summed E-state index contributed by atoms with van der Waals surface area (Å²) in [5, 5.41) is 0. The number of hydrogen-bond donors (Lipinski definition) is 0. The highest BCUT2D eigenvalue weighted by Gasteiger charge is 2.19. The Morgan fingerprint density at radius 1 is 1.11 bits per heavy atom. The number of hydrogen-bond acceptors (Lipinski definition) is 5. The van der Waals surface area contributed by atoms with E-state index in [1.165, 1.54) is 14.0 Å². The Balaban J connectivity index is 2.94. The fraction of sp³-hybridized carbons (Fsp3) is 0.650. The molecule has 6 nitrogen and oxygen atoms in total. The average Bonchev–Trinajstić information content (AvgIpc) is 2.62. The van der Waals surface area contributed by atoms with Gasteiger partial charge in [-0.25, -0.2) is 0 Å². The highest BCUT2D eigenvalue weighted by Crippen LogP contribution is 2.30. The van der Waals surface area contributed by atoms with Gasteiger partial charge in [-0.2, -0.15) is 8.42 Å². The number of rotatable bonds is 12. The third-order valence-electron chi connectivity index (χ3n) is 4.34. The normalized spacial score (nSPS) is 11.5. The molecule has 27 heavy (non-hydrogen) atoms. The molecule has 0 aromatic heterocycles. The van der Waals surface area contributed by atoms with Gasteiger partial charge in [0.15, 0.2) is 11.5 Å². The van der Waals surface area contributed by atoms with E-state index in [0.717, 1.165) is 31.2 Å². The Morgan fingerprint density at radius 2 is 1.81 bits per heavy atom. The lowest BCUT2D eigenvalue weighted by molar-refractivity contribution is -0.133. The molecule has 7 heteroatoms. The predicted octanol–water partition coefficient (Wildman–Crippen LogP) is 4.13. The summed E-state index contributed by atoms with van der Waals surface area (Å²) >= 11 is 0. The molecule has 0 spiro atoms. The number of carbonyl (C=O) groups is 1. The van der Waals surface area contributed by atoms with Gasteiger partial charge in [0.2, 0.25) is 5.91 Å². The summed E-state index contributed by atoms with van der Waals surface area (Å²) in [6, 6.07) is 5.17. The summed E-state index contributed by atoms with van der Waals surface area (Å²) in [5.41, 5.74) is 0.799. The number of unbranched alkanes of at least 4 members (excludes halogenated alkanes) is 3. The first-order valence-electron chi connectivity index (χ1n) is 9.62. The van der Waals surface area contributed by atoms with Crippen LogP contribution in [-0.4, -0.2) is 38.1 Å². The molecule has 0 atom stereocenters. The molecule has 0 saturated heterocycles. The van der Waals surface area contributed by atoms with Crippen LogP contribution in [0.4, 0.5) is 0 Å². The van der Waals surface area contributed by atoms with Crippen molar-refractivity contribution in [2.75, 3.05) is 12.9 Å². The zero-order chi connectivity index (χ0) is 20.4. The molecule has 1 rings (SSSR count). The standard InChI is InChI=1S/C20H33NO5S/c1-6-8-9-10-11-20(22)21(16(3)4)15-17-12-13-18(25-5)19(14-17)26-27(23,24)7-2/h12-14,16H,6-11,15H2,1-5H3. The molecule has 0 N–H and O–H groups in total. The van der Waals surface area contributed by atoms with Crippen molar-refractivity contribution in [3.05, 3.63) is 23.8 Å². The molecule has 154 valence electrons. The molecular formula is C20H33NO5S. The van der Waals surface area contributed by atoms with E-state index in [2.05, 4.69) is 6.92 Å². The van der Waals surface area contributed by atoms with E-state index in [-0.39, 0.29) is 23.5 Å². The van der Waals surface area contributed by atoms with Crippen molar-refractivity contribution in [1.82, 2.24) is 4.90 Å². The smallest absolute Gasteiger partial charge is 0.309 e. The Morgan fingerprint density at radius 3 is 2.37 bits per heavy atom. The van der Waals surface area contributed by atoms with Gasteiger partial charge in [-0.15, -0.1) is 0 Å². The number of amides is 1. The molecule has 0 fully saturated rings. The molecule has 0 unspecified atom stereocenters. The minimum absolute atomic E-state index is 0.0505. The summed E-state index contributed by atoms with van der Waals surface area (Å²) in [6.45, 7) is 8.02. The maximum atomic E-state index is 12.6. The molecule has 0 bridgehead atoms. The third-order valence-corrected chi connectivity index (χ3v) is 5.48. The first-order valence-corrected chi connectivity index (χ1v) is 11.2. The van der Waals surface area contributed by atoms with Crippen LogP contribution in [0.5, 0.6) is 11.5 Å². The second kappa shape index (κ2) is 11.2. The molecule has 0 aliphatic carbocycles. The van der Waals surface area contributed by atoms with Crippen LogP contribution in [0.1, 0.15) is 65.4 Å². The van der Waals surface area contributed by atoms with Crippen molar-refractivity contribution in [3.63, 3.8) is 0 Å². The Hall–Kier alpha value is -1.76. The van der Waals surface area contributed by atoms with Crippen LogP contribution >= 0.6 is 0 Å². The van der Waals surface area contributed by atoms with Crippen LogP contribution in [0.15, 0.2) is 18.2 Å². The maximum absolute atomic E-state index is 12.6. The minimum Gasteiger partial charge on any atom is -0.493 e. The second-order valence-electron chi connectivity index (χ2n) is 6.84. The average molecular weight is 400 g/mol. The third kappa shape index (κ3) is 7.79. The Bertz CT molecular complexity index is 700.